The molecule has 5 aromatic rings. The minimum absolute atomic E-state index is 0.0535. The molecule has 0 unspecified atom stereocenters. The molecule has 2 aromatic heterocycles. The molecule has 5 rings (SSSR count). The number of hydrogen-bond donors (Lipinski definition) is 1. The maximum absolute atomic E-state index is 12.7. The third-order valence-corrected chi connectivity index (χ3v) is 7.61. The van der Waals surface area contributed by atoms with Crippen LogP contribution in [0.25, 0.3) is 16.1 Å². The van der Waals surface area contributed by atoms with Gasteiger partial charge >= 0.3 is 25.3 Å². The van der Waals surface area contributed by atoms with E-state index in [1.165, 1.54) is 12.1 Å². The number of nitrogens with zero attached hydrogens (tertiary/aromatic N) is 5. The molecule has 0 saturated heterocycles. The molecule has 0 spiro atoms. The second-order valence-corrected chi connectivity index (χ2v) is 11.6. The molecule has 14 heteroatoms. The Kier molecular flexibility index (Phi) is 13.2. The van der Waals surface area contributed by atoms with Crippen LogP contribution in [0.3, 0.4) is 0 Å². The van der Waals surface area contributed by atoms with Crippen LogP contribution in [0.1, 0.15) is 17.4 Å². The monoisotopic (exact) mass is 714 g/mol. The first-order valence-corrected chi connectivity index (χ1v) is 16.6. The van der Waals surface area contributed by atoms with Crippen LogP contribution in [0.5, 0.6) is 0 Å². The summed E-state index contributed by atoms with van der Waals surface area (Å²) in [5, 5.41) is 15.7. The van der Waals surface area contributed by atoms with Crippen molar-refractivity contribution in [2.24, 2.45) is 20.3 Å². The Bertz CT molecular complexity index is 1850. The Balaban J connectivity index is 0.000000301. The van der Waals surface area contributed by atoms with E-state index in [4.69, 9.17) is 12.5 Å². The zero-order valence-electron chi connectivity index (χ0n) is 22.5. The molecule has 3 aromatic carbocycles. The molecule has 43 heavy (non-hydrogen) atoms. The van der Waals surface area contributed by atoms with Gasteiger partial charge < -0.3 is 28.7 Å². The van der Waals surface area contributed by atoms with E-state index in [0.717, 1.165) is 21.2 Å². The molecule has 0 aliphatic rings. The topological polar surface area (TPSA) is 158 Å². The first-order valence-electron chi connectivity index (χ1n) is 12.2. The van der Waals surface area contributed by atoms with Crippen LogP contribution < -0.4 is 5.73 Å². The number of pyridine rings is 1. The molecule has 0 amide bonds. The fourth-order valence-corrected chi connectivity index (χ4v) is 5.13. The first kappa shape index (κ1) is 33.3. The van der Waals surface area contributed by atoms with Gasteiger partial charge in [-0.25, -0.2) is 0 Å². The molecule has 0 radical (unpaired) electrons. The van der Waals surface area contributed by atoms with E-state index in [0.29, 0.717) is 17.2 Å². The van der Waals surface area contributed by atoms with Gasteiger partial charge in [0.2, 0.25) is 0 Å². The normalized spacial score (nSPS) is 11.6. The predicted octanol–water partition coefficient (Wildman–Crippen LogP) is 6.47. The van der Waals surface area contributed by atoms with Crippen LogP contribution in [0.15, 0.2) is 128 Å². The zero-order valence-corrected chi connectivity index (χ0v) is 27.0. The van der Waals surface area contributed by atoms with E-state index in [9.17, 15) is 8.42 Å². The molecule has 0 aliphatic carbocycles. The fraction of sp³-hybridized carbons (Fsp3) is 0.0345. The van der Waals surface area contributed by atoms with Gasteiger partial charge in [-0.05, 0) is 63.8 Å². The molecule has 10 nitrogen and oxygen atoms in total. The summed E-state index contributed by atoms with van der Waals surface area (Å²) in [4.78, 5) is 5.29. The van der Waals surface area contributed by atoms with Crippen LogP contribution in [0.4, 0.5) is 11.5 Å². The summed E-state index contributed by atoms with van der Waals surface area (Å²) in [5.74, 6) is 0.563. The van der Waals surface area contributed by atoms with E-state index in [2.05, 4.69) is 37.5 Å². The van der Waals surface area contributed by atoms with Crippen molar-refractivity contribution >= 4 is 73.4 Å². The van der Waals surface area contributed by atoms with Gasteiger partial charge in [0.05, 0.1) is 16.8 Å². The summed E-state index contributed by atoms with van der Waals surface area (Å²) in [6, 6.07) is 29.3. The number of benzene rings is 3. The first-order chi connectivity index (χ1) is 20.7. The molecule has 0 fully saturated rings. The zero-order chi connectivity index (χ0) is 31.1. The molecular weight excluding hydrogens is 688 g/mol. The number of sulfonamides is 1. The summed E-state index contributed by atoms with van der Waals surface area (Å²) in [5.41, 5.74) is 6.92. The Morgan fingerprint density at radius 1 is 0.953 bits per heavy atom. The van der Waals surface area contributed by atoms with E-state index >= 15 is 0 Å². The second-order valence-electron chi connectivity index (χ2n) is 8.27. The van der Waals surface area contributed by atoms with Crippen molar-refractivity contribution in [1.29, 1.82) is 0 Å². The predicted molar refractivity (Wildman–Crippen MR) is 169 cm³/mol. The molecule has 0 atom stereocenters. The molecule has 2 heterocycles. The maximum atomic E-state index is 12.7. The number of nitrogens with two attached hydrogens (primary N) is 1. The average Bonchev–Trinajstić information content (AvgIpc) is 3.52. The van der Waals surface area contributed by atoms with Crippen molar-refractivity contribution in [3.63, 3.8) is 0 Å². The number of hydrogen-bond acceptors (Lipinski definition) is 9. The van der Waals surface area contributed by atoms with Gasteiger partial charge in [-0.1, -0.05) is 84.8 Å². The van der Waals surface area contributed by atoms with Gasteiger partial charge in [0.25, 0.3) is 10.0 Å². The molecule has 2 N–H and O–H groups in total. The third-order valence-electron chi connectivity index (χ3n) is 5.34. The summed E-state index contributed by atoms with van der Waals surface area (Å²) in [7, 11) is -3.82. The summed E-state index contributed by atoms with van der Waals surface area (Å²) < 4.78 is 46.5. The third kappa shape index (κ3) is 11.2. The second kappa shape index (κ2) is 17.1. The van der Waals surface area contributed by atoms with E-state index in [-0.39, 0.29) is 10.1 Å². The number of fused-ring (bicyclic) bond motifs is 1. The van der Waals surface area contributed by atoms with Crippen molar-refractivity contribution in [3.8, 4) is 0 Å². The van der Waals surface area contributed by atoms with E-state index in [1.54, 1.807) is 48.9 Å². The SMILES string of the molecule is C/C(=N/S(=O)(=O)c1ccc([N-]c2ccccn2)cc1)c1ccc2ccccc2c1.N/C([S-])=N/N=C\c1cccs1.[O]=[Mo+2]=[O]. The molecule has 0 saturated carbocycles. The Morgan fingerprint density at radius 2 is 1.65 bits per heavy atom. The quantitative estimate of drug-likeness (QED) is 0.0666. The van der Waals surface area contributed by atoms with Crippen molar-refractivity contribution < 1.29 is 33.7 Å². The standard InChI is InChI=1S/C23H18N3O2S.C6H7N3S2.Mo.2O/c1-17(19-10-9-18-6-2-3-7-20(18)16-19)26-29(27,28)22-13-11-21(12-14-22)25-23-8-4-5-15-24-23;7-6(10)9-8-4-5-2-1-3-11-5;;;/h2-16H,1H3;1-4H,(H3,7,9,10);;;/q-1;;+2;;/p-1/b26-17-;8-4-;;;. The van der Waals surface area contributed by atoms with Crippen molar-refractivity contribution in [2.45, 2.75) is 11.8 Å². The minimum atomic E-state index is -3.82. The van der Waals surface area contributed by atoms with Crippen LogP contribution in [0.2, 0.25) is 0 Å². The molecule has 0 bridgehead atoms. The van der Waals surface area contributed by atoms with E-state index in [1.807, 2.05) is 72.1 Å². The number of rotatable bonds is 7. The van der Waals surface area contributed by atoms with Gasteiger partial charge in [0.1, 0.15) is 0 Å². The number of amidine groups is 1. The molecule has 218 valence electrons. The number of thiophene rings is 1. The number of aromatic nitrogens is 1. The van der Waals surface area contributed by atoms with Crippen LogP contribution in [0, 0.1) is 0 Å². The Morgan fingerprint density at radius 3 is 2.28 bits per heavy atom. The Labute approximate surface area is 267 Å². The fourth-order valence-electron chi connectivity index (χ4n) is 3.45. The van der Waals surface area contributed by atoms with Gasteiger partial charge in [-0.2, -0.15) is 23.0 Å². The summed E-state index contributed by atoms with van der Waals surface area (Å²) in [6.45, 7) is 1.70. The van der Waals surface area contributed by atoms with Gasteiger partial charge in [-0.3, -0.25) is 0 Å². The molecular formula is C29H24MoN6O4S3. The van der Waals surface area contributed by atoms with Crippen LogP contribution >= 0.6 is 11.3 Å². The average molecular weight is 713 g/mol. The summed E-state index contributed by atoms with van der Waals surface area (Å²) in [6.07, 6.45) is 3.27. The van der Waals surface area contributed by atoms with Gasteiger partial charge in [0, 0.05) is 4.88 Å². The van der Waals surface area contributed by atoms with Crippen molar-refractivity contribution in [2.75, 3.05) is 0 Å². The van der Waals surface area contributed by atoms with Crippen molar-refractivity contribution in [1.82, 2.24) is 4.98 Å². The van der Waals surface area contributed by atoms with Crippen LogP contribution in [-0.4, -0.2) is 30.5 Å². The van der Waals surface area contributed by atoms with E-state index < -0.39 is 28.5 Å². The molecule has 0 aliphatic heterocycles. The van der Waals surface area contributed by atoms with Crippen molar-refractivity contribution in [3.05, 3.63) is 124 Å². The summed E-state index contributed by atoms with van der Waals surface area (Å²) >= 11 is 4.04. The van der Waals surface area contributed by atoms with Gasteiger partial charge in [0.15, 0.2) is 0 Å². The Hall–Kier alpha value is -4.16. The van der Waals surface area contributed by atoms with Crippen LogP contribution in [-0.2, 0) is 47.9 Å². The van der Waals surface area contributed by atoms with Gasteiger partial charge in [-0.15, -0.1) is 11.3 Å².